The van der Waals surface area contributed by atoms with Crippen LogP contribution in [-0.2, 0) is 10.8 Å². The standard InChI is InChI=1S/C39H29N3O/c1-38(2,3)24-16-18-33-27(22-24)26-10-4-6-14-32(26)42(33)25-17-19-35-31(23-25)39(28-11-5-7-15-34(28)43-35)29-12-8-20-40-36(29)37-30(39)13-9-21-41-37/h4-23H,1-3H3. The fourth-order valence-corrected chi connectivity index (χ4v) is 7.40. The number of fused-ring (bicyclic) bond motifs is 12. The molecule has 4 heteroatoms. The number of pyridine rings is 2. The molecule has 1 aliphatic carbocycles. The number of hydrogen-bond acceptors (Lipinski definition) is 3. The Morgan fingerprint density at radius 1 is 0.581 bits per heavy atom. The number of hydrogen-bond donors (Lipinski definition) is 0. The van der Waals surface area contributed by atoms with E-state index < -0.39 is 5.41 Å². The van der Waals surface area contributed by atoms with Gasteiger partial charge in [-0.3, -0.25) is 9.97 Å². The monoisotopic (exact) mass is 555 g/mol. The highest BCUT2D eigenvalue weighted by atomic mass is 16.5. The van der Waals surface area contributed by atoms with Crippen molar-refractivity contribution in [1.82, 2.24) is 14.5 Å². The Balaban J connectivity index is 1.38. The van der Waals surface area contributed by atoms with Crippen molar-refractivity contribution in [3.63, 3.8) is 0 Å². The molecule has 43 heavy (non-hydrogen) atoms. The molecular formula is C39H29N3O. The second-order valence-corrected chi connectivity index (χ2v) is 12.7. The van der Waals surface area contributed by atoms with E-state index in [0.29, 0.717) is 0 Å². The van der Waals surface area contributed by atoms with Gasteiger partial charge in [-0.1, -0.05) is 75.4 Å². The van der Waals surface area contributed by atoms with Crippen LogP contribution in [0, 0.1) is 0 Å². The smallest absolute Gasteiger partial charge is 0.132 e. The van der Waals surface area contributed by atoms with Crippen LogP contribution in [0.3, 0.4) is 0 Å². The average molecular weight is 556 g/mol. The van der Waals surface area contributed by atoms with Crippen molar-refractivity contribution in [3.8, 4) is 28.6 Å². The first kappa shape index (κ1) is 24.4. The highest BCUT2D eigenvalue weighted by Crippen LogP contribution is 2.61. The first-order valence-corrected chi connectivity index (χ1v) is 14.8. The van der Waals surface area contributed by atoms with Gasteiger partial charge in [-0.25, -0.2) is 0 Å². The van der Waals surface area contributed by atoms with Gasteiger partial charge in [0.25, 0.3) is 0 Å². The summed E-state index contributed by atoms with van der Waals surface area (Å²) < 4.78 is 9.04. The maximum atomic E-state index is 6.64. The summed E-state index contributed by atoms with van der Waals surface area (Å²) in [4.78, 5) is 9.74. The molecule has 4 nitrogen and oxygen atoms in total. The van der Waals surface area contributed by atoms with Crippen LogP contribution in [0.25, 0.3) is 38.9 Å². The van der Waals surface area contributed by atoms with Crippen molar-refractivity contribution in [2.45, 2.75) is 31.6 Å². The average Bonchev–Trinajstić information content (AvgIpc) is 3.52. The lowest BCUT2D eigenvalue weighted by atomic mass is 9.66. The van der Waals surface area contributed by atoms with Gasteiger partial charge in [0.2, 0.25) is 0 Å². The molecule has 2 aliphatic rings. The molecular weight excluding hydrogens is 526 g/mol. The normalized spacial score (nSPS) is 14.3. The lowest BCUT2D eigenvalue weighted by molar-refractivity contribution is 0.436. The first-order valence-electron chi connectivity index (χ1n) is 14.8. The van der Waals surface area contributed by atoms with Gasteiger partial charge in [0.1, 0.15) is 11.5 Å². The molecule has 7 aromatic rings. The molecule has 0 saturated heterocycles. The number of ether oxygens (including phenoxy) is 1. The van der Waals surface area contributed by atoms with Crippen LogP contribution in [0.4, 0.5) is 0 Å². The predicted molar refractivity (Wildman–Crippen MR) is 172 cm³/mol. The van der Waals surface area contributed by atoms with Crippen LogP contribution in [0.15, 0.2) is 122 Å². The molecule has 0 amide bonds. The number of nitrogens with zero attached hydrogens (tertiary/aromatic N) is 3. The highest BCUT2D eigenvalue weighted by molar-refractivity contribution is 6.09. The third-order valence-electron chi connectivity index (χ3n) is 9.32. The molecule has 0 atom stereocenters. The second-order valence-electron chi connectivity index (χ2n) is 12.7. The summed E-state index contributed by atoms with van der Waals surface area (Å²) in [6, 6.07) is 39.2. The zero-order valence-corrected chi connectivity index (χ0v) is 24.3. The van der Waals surface area contributed by atoms with Crippen molar-refractivity contribution < 1.29 is 4.74 Å². The quantitative estimate of drug-likeness (QED) is 0.203. The summed E-state index contributed by atoms with van der Waals surface area (Å²) in [7, 11) is 0. The predicted octanol–water partition coefficient (Wildman–Crippen LogP) is 9.34. The Kier molecular flexibility index (Phi) is 4.78. The van der Waals surface area contributed by atoms with E-state index in [1.165, 1.54) is 27.4 Å². The second kappa shape index (κ2) is 8.42. The number of rotatable bonds is 1. The van der Waals surface area contributed by atoms with Crippen LogP contribution in [-0.4, -0.2) is 14.5 Å². The maximum Gasteiger partial charge on any atom is 0.132 e. The minimum absolute atomic E-state index is 0.0612. The molecule has 1 spiro atoms. The molecule has 0 saturated carbocycles. The Morgan fingerprint density at radius 2 is 1.23 bits per heavy atom. The van der Waals surface area contributed by atoms with Gasteiger partial charge >= 0.3 is 0 Å². The van der Waals surface area contributed by atoms with E-state index in [2.05, 4.69) is 116 Å². The van der Waals surface area contributed by atoms with Gasteiger partial charge in [0.15, 0.2) is 0 Å². The highest BCUT2D eigenvalue weighted by Gasteiger charge is 2.52. The number of benzene rings is 4. The zero-order valence-electron chi connectivity index (χ0n) is 24.3. The molecule has 0 unspecified atom stereocenters. The molecule has 1 aliphatic heterocycles. The summed E-state index contributed by atoms with van der Waals surface area (Å²) in [6.45, 7) is 6.82. The van der Waals surface area contributed by atoms with Crippen molar-refractivity contribution in [2.75, 3.05) is 0 Å². The minimum atomic E-state index is -0.606. The van der Waals surface area contributed by atoms with Gasteiger partial charge in [-0.2, -0.15) is 0 Å². The van der Waals surface area contributed by atoms with Crippen LogP contribution < -0.4 is 4.74 Å². The minimum Gasteiger partial charge on any atom is -0.457 e. The van der Waals surface area contributed by atoms with E-state index >= 15 is 0 Å². The van der Waals surface area contributed by atoms with Gasteiger partial charge in [-0.05, 0) is 76.7 Å². The Hall–Kier alpha value is -5.22. The van der Waals surface area contributed by atoms with Crippen LogP contribution in [0.1, 0.15) is 48.6 Å². The van der Waals surface area contributed by atoms with Crippen LogP contribution in [0.5, 0.6) is 11.5 Å². The fourth-order valence-electron chi connectivity index (χ4n) is 7.40. The molecule has 0 radical (unpaired) electrons. The summed E-state index contributed by atoms with van der Waals surface area (Å²) in [5.74, 6) is 1.71. The van der Waals surface area contributed by atoms with E-state index in [9.17, 15) is 0 Å². The zero-order chi connectivity index (χ0) is 28.9. The van der Waals surface area contributed by atoms with E-state index in [1.807, 2.05) is 30.6 Å². The number of aromatic nitrogens is 3. The summed E-state index contributed by atoms with van der Waals surface area (Å²) in [5, 5.41) is 2.52. The fraction of sp³-hybridized carbons (Fsp3) is 0.128. The van der Waals surface area contributed by atoms with Crippen LogP contribution in [0.2, 0.25) is 0 Å². The summed E-state index contributed by atoms with van der Waals surface area (Å²) in [5.41, 5.74) is 10.6. The topological polar surface area (TPSA) is 39.9 Å². The van der Waals surface area contributed by atoms with Crippen molar-refractivity contribution in [2.24, 2.45) is 0 Å². The lowest BCUT2D eigenvalue weighted by Gasteiger charge is -2.39. The Labute approximate surface area is 250 Å². The van der Waals surface area contributed by atoms with Crippen molar-refractivity contribution in [1.29, 1.82) is 0 Å². The van der Waals surface area contributed by atoms with Crippen molar-refractivity contribution in [3.05, 3.63) is 149 Å². The number of para-hydroxylation sites is 2. The molecule has 9 rings (SSSR count). The van der Waals surface area contributed by atoms with Gasteiger partial charge in [0, 0.05) is 40.0 Å². The first-order chi connectivity index (χ1) is 21.0. The van der Waals surface area contributed by atoms with Crippen LogP contribution >= 0.6 is 0 Å². The molecule has 4 heterocycles. The summed E-state index contributed by atoms with van der Waals surface area (Å²) >= 11 is 0. The lowest BCUT2D eigenvalue weighted by Crippen LogP contribution is -2.32. The third-order valence-corrected chi connectivity index (χ3v) is 9.32. The third kappa shape index (κ3) is 3.15. The summed E-state index contributed by atoms with van der Waals surface area (Å²) in [6.07, 6.45) is 3.73. The molecule has 4 aromatic carbocycles. The van der Waals surface area contributed by atoms with E-state index in [4.69, 9.17) is 14.7 Å². The largest absolute Gasteiger partial charge is 0.457 e. The van der Waals surface area contributed by atoms with Gasteiger partial charge in [0.05, 0.1) is 27.8 Å². The van der Waals surface area contributed by atoms with Gasteiger partial charge in [-0.15, -0.1) is 0 Å². The molecule has 0 bridgehead atoms. The van der Waals surface area contributed by atoms with E-state index in [1.54, 1.807) is 0 Å². The maximum absolute atomic E-state index is 6.64. The van der Waals surface area contributed by atoms with Crippen molar-refractivity contribution >= 4 is 21.8 Å². The van der Waals surface area contributed by atoms with E-state index in [-0.39, 0.29) is 5.41 Å². The molecule has 206 valence electrons. The Morgan fingerprint density at radius 3 is 2.00 bits per heavy atom. The van der Waals surface area contributed by atoms with E-state index in [0.717, 1.165) is 50.8 Å². The SMILES string of the molecule is CC(C)(C)c1ccc2c(c1)c1ccccc1n2-c1ccc2c(c1)C1(c3ccccc3O2)c2cccnc2-c2ncccc21. The molecule has 0 fully saturated rings. The Bertz CT molecular complexity index is 2220. The molecule has 0 N–H and O–H groups in total. The van der Waals surface area contributed by atoms with Gasteiger partial charge < -0.3 is 9.30 Å². The molecule has 3 aromatic heterocycles.